The van der Waals surface area contributed by atoms with E-state index in [1.165, 1.54) is 0 Å². The zero-order chi connectivity index (χ0) is 14.0. The quantitative estimate of drug-likeness (QED) is 0.910. The van der Waals surface area contributed by atoms with Gasteiger partial charge in [-0.2, -0.15) is 18.3 Å². The average Bonchev–Trinajstić information content (AvgIpc) is 2.94. The second kappa shape index (κ2) is 5.20. The maximum atomic E-state index is 12.9. The Morgan fingerprint density at radius 3 is 2.47 bits per heavy atom. The van der Waals surface area contributed by atoms with Crippen LogP contribution in [0.2, 0.25) is 0 Å². The van der Waals surface area contributed by atoms with Crippen LogP contribution in [0.1, 0.15) is 28.9 Å². The van der Waals surface area contributed by atoms with Gasteiger partial charge in [0.25, 0.3) is 0 Å². The Hall–Kier alpha value is -1.57. The first kappa shape index (κ1) is 13.9. The molecule has 0 bridgehead atoms. The molecular weight excluding hydrogens is 263 g/mol. The van der Waals surface area contributed by atoms with Crippen LogP contribution in [0.5, 0.6) is 0 Å². The van der Waals surface area contributed by atoms with Crippen LogP contribution in [0.3, 0.4) is 0 Å². The largest absolute Gasteiger partial charge is 0.478 e. The molecule has 2 rings (SSSR count). The molecule has 1 saturated heterocycles. The van der Waals surface area contributed by atoms with Crippen molar-refractivity contribution in [2.45, 2.75) is 25.6 Å². The fraction of sp³-hybridized carbons (Fsp3) is 0.636. The summed E-state index contributed by atoms with van der Waals surface area (Å²) in [5, 5.41) is 12.3. The monoisotopic (exact) mass is 277 g/mol. The Morgan fingerprint density at radius 2 is 1.95 bits per heavy atom. The number of halogens is 3. The summed E-state index contributed by atoms with van der Waals surface area (Å²) >= 11 is 0. The lowest BCUT2D eigenvalue weighted by molar-refractivity contribution is -0.144. The molecule has 0 unspecified atom stereocenters. The number of rotatable bonds is 4. The molecule has 1 aromatic heterocycles. The highest BCUT2D eigenvalue weighted by atomic mass is 19.4. The highest BCUT2D eigenvalue weighted by Gasteiger charge is 2.40. The van der Waals surface area contributed by atoms with Crippen LogP contribution in [0.15, 0.2) is 6.20 Å². The third-order valence-corrected chi connectivity index (χ3v) is 3.17. The van der Waals surface area contributed by atoms with E-state index in [-0.39, 0.29) is 6.54 Å². The molecular formula is C11H14F3N3O2. The van der Waals surface area contributed by atoms with Gasteiger partial charge >= 0.3 is 12.1 Å². The molecule has 0 aromatic carbocycles. The zero-order valence-corrected chi connectivity index (χ0v) is 10.2. The van der Waals surface area contributed by atoms with Crippen molar-refractivity contribution in [3.63, 3.8) is 0 Å². The van der Waals surface area contributed by atoms with Gasteiger partial charge in [0, 0.05) is 6.54 Å². The Morgan fingerprint density at radius 1 is 1.32 bits per heavy atom. The van der Waals surface area contributed by atoms with Crippen LogP contribution in [-0.2, 0) is 12.7 Å². The lowest BCUT2D eigenvalue weighted by Crippen LogP contribution is -2.27. The number of aromatic nitrogens is 2. The Kier molecular flexibility index (Phi) is 3.79. The molecule has 2 heterocycles. The maximum absolute atomic E-state index is 12.9. The molecule has 0 amide bonds. The number of aromatic carboxylic acids is 1. The first-order valence-electron chi connectivity index (χ1n) is 5.98. The van der Waals surface area contributed by atoms with Crippen LogP contribution in [0.25, 0.3) is 0 Å². The third kappa shape index (κ3) is 3.06. The van der Waals surface area contributed by atoms with Gasteiger partial charge < -0.3 is 10.0 Å². The highest BCUT2D eigenvalue weighted by molar-refractivity contribution is 5.88. The summed E-state index contributed by atoms with van der Waals surface area (Å²) in [6.45, 7) is 2.23. The lowest BCUT2D eigenvalue weighted by atomic mass is 10.2. The smallest absolute Gasteiger partial charge is 0.433 e. The molecule has 5 nitrogen and oxygen atoms in total. The van der Waals surface area contributed by atoms with E-state index >= 15 is 0 Å². The van der Waals surface area contributed by atoms with E-state index in [0.29, 0.717) is 6.54 Å². The molecule has 0 atom stereocenters. The van der Waals surface area contributed by atoms with E-state index in [9.17, 15) is 18.0 Å². The summed E-state index contributed by atoms with van der Waals surface area (Å²) in [4.78, 5) is 12.8. The third-order valence-electron chi connectivity index (χ3n) is 3.17. The minimum atomic E-state index is -4.71. The highest BCUT2D eigenvalue weighted by Crippen LogP contribution is 2.32. The van der Waals surface area contributed by atoms with Gasteiger partial charge in [0.15, 0.2) is 5.69 Å². The van der Waals surface area contributed by atoms with Crippen LogP contribution >= 0.6 is 0 Å². The van der Waals surface area contributed by atoms with E-state index in [1.54, 1.807) is 0 Å². The van der Waals surface area contributed by atoms with Crippen molar-refractivity contribution in [2.24, 2.45) is 0 Å². The SMILES string of the molecule is O=C(O)c1cnn(CCN2CCCC2)c1C(F)(F)F. The molecule has 8 heteroatoms. The summed E-state index contributed by atoms with van der Waals surface area (Å²) in [5.74, 6) is -1.61. The number of nitrogens with zero attached hydrogens (tertiary/aromatic N) is 3. The molecule has 1 aliphatic heterocycles. The van der Waals surface area contributed by atoms with Gasteiger partial charge in [-0.25, -0.2) is 4.79 Å². The molecule has 1 aromatic rings. The van der Waals surface area contributed by atoms with E-state index in [0.717, 1.165) is 36.8 Å². The number of hydrogen-bond donors (Lipinski definition) is 1. The van der Waals surface area contributed by atoms with Crippen molar-refractivity contribution < 1.29 is 23.1 Å². The Balaban J connectivity index is 2.17. The van der Waals surface area contributed by atoms with Crippen LogP contribution < -0.4 is 0 Å². The van der Waals surface area contributed by atoms with Gasteiger partial charge in [-0.15, -0.1) is 0 Å². The normalized spacial score (nSPS) is 17.0. The second-order valence-corrected chi connectivity index (χ2v) is 4.48. The summed E-state index contributed by atoms with van der Waals surface area (Å²) in [6.07, 6.45) is -1.86. The molecule has 1 aliphatic rings. The summed E-state index contributed by atoms with van der Waals surface area (Å²) in [7, 11) is 0. The molecule has 1 N–H and O–H groups in total. The molecule has 0 spiro atoms. The van der Waals surface area contributed by atoms with Gasteiger partial charge in [-0.3, -0.25) is 4.68 Å². The maximum Gasteiger partial charge on any atom is 0.433 e. The van der Waals surface area contributed by atoms with Crippen LogP contribution in [0, 0.1) is 0 Å². The van der Waals surface area contributed by atoms with Crippen molar-refractivity contribution in [1.82, 2.24) is 14.7 Å². The fourth-order valence-corrected chi connectivity index (χ4v) is 2.25. The zero-order valence-electron chi connectivity index (χ0n) is 10.2. The molecule has 1 fully saturated rings. The predicted molar refractivity (Wildman–Crippen MR) is 59.9 cm³/mol. The number of carbonyl (C=O) groups is 1. The minimum absolute atomic E-state index is 0.0438. The first-order chi connectivity index (χ1) is 8.89. The van der Waals surface area contributed by atoms with E-state index in [1.807, 2.05) is 4.90 Å². The van der Waals surface area contributed by atoms with E-state index < -0.39 is 23.4 Å². The molecule has 0 aliphatic carbocycles. The van der Waals surface area contributed by atoms with Gasteiger partial charge in [-0.05, 0) is 25.9 Å². The molecule has 0 radical (unpaired) electrons. The fourth-order valence-electron chi connectivity index (χ4n) is 2.25. The molecule has 106 valence electrons. The number of carboxylic acids is 1. The molecule has 0 saturated carbocycles. The predicted octanol–water partition coefficient (Wildman–Crippen LogP) is 1.70. The van der Waals surface area contributed by atoms with Crippen molar-refractivity contribution in [1.29, 1.82) is 0 Å². The van der Waals surface area contributed by atoms with Crippen molar-refractivity contribution in [3.8, 4) is 0 Å². The van der Waals surface area contributed by atoms with Crippen molar-refractivity contribution in [3.05, 3.63) is 17.5 Å². The summed E-state index contributed by atoms with van der Waals surface area (Å²) in [6, 6.07) is 0. The van der Waals surface area contributed by atoms with Gasteiger partial charge in [0.05, 0.1) is 12.7 Å². The van der Waals surface area contributed by atoms with Gasteiger partial charge in [0.1, 0.15) is 5.56 Å². The van der Waals surface area contributed by atoms with E-state index in [4.69, 9.17) is 5.11 Å². The van der Waals surface area contributed by atoms with Crippen LogP contribution in [0.4, 0.5) is 13.2 Å². The first-order valence-corrected chi connectivity index (χ1v) is 5.98. The Bertz CT molecular complexity index is 464. The summed E-state index contributed by atoms with van der Waals surface area (Å²) in [5.41, 5.74) is -1.98. The number of alkyl halides is 3. The van der Waals surface area contributed by atoms with E-state index in [2.05, 4.69) is 5.10 Å². The summed E-state index contributed by atoms with van der Waals surface area (Å²) < 4.78 is 39.3. The van der Waals surface area contributed by atoms with Crippen LogP contribution in [-0.4, -0.2) is 45.4 Å². The second-order valence-electron chi connectivity index (χ2n) is 4.48. The van der Waals surface area contributed by atoms with Crippen molar-refractivity contribution in [2.75, 3.05) is 19.6 Å². The average molecular weight is 277 g/mol. The number of hydrogen-bond acceptors (Lipinski definition) is 3. The standard InChI is InChI=1S/C11H14F3N3O2/c12-11(13,14)9-8(10(18)19)7-15-17(9)6-5-16-3-1-2-4-16/h7H,1-6H2,(H,18,19). The van der Waals surface area contributed by atoms with Gasteiger partial charge in [0.2, 0.25) is 0 Å². The van der Waals surface area contributed by atoms with Gasteiger partial charge in [-0.1, -0.05) is 0 Å². The topological polar surface area (TPSA) is 58.4 Å². The minimum Gasteiger partial charge on any atom is -0.478 e. The number of carboxylic acid groups (broad SMARTS) is 1. The molecule has 19 heavy (non-hydrogen) atoms. The van der Waals surface area contributed by atoms with Crippen molar-refractivity contribution >= 4 is 5.97 Å². The number of likely N-dealkylation sites (tertiary alicyclic amines) is 1. The Labute approximate surface area is 107 Å². The lowest BCUT2D eigenvalue weighted by Gasteiger charge is -2.16.